The van der Waals surface area contributed by atoms with Crippen LogP contribution in [0.1, 0.15) is 58.8 Å². The third kappa shape index (κ3) is 3.93. The minimum absolute atomic E-state index is 0.616. The second kappa shape index (κ2) is 7.61. The van der Waals surface area contributed by atoms with E-state index in [2.05, 4.69) is 23.6 Å². The summed E-state index contributed by atoms with van der Waals surface area (Å²) < 4.78 is 0. The average molecular weight is 267 g/mol. The van der Waals surface area contributed by atoms with Gasteiger partial charge in [0.2, 0.25) is 0 Å². The zero-order valence-electron chi connectivity index (χ0n) is 13.0. The van der Waals surface area contributed by atoms with Crippen molar-refractivity contribution in [2.24, 2.45) is 5.73 Å². The Labute approximate surface area is 119 Å². The summed E-state index contributed by atoms with van der Waals surface area (Å²) in [4.78, 5) is 5.45. The van der Waals surface area contributed by atoms with Crippen LogP contribution in [-0.4, -0.2) is 54.1 Å². The first-order chi connectivity index (χ1) is 9.26. The molecule has 2 heterocycles. The molecule has 2 rings (SSSR count). The number of piperazine rings is 1. The molecule has 19 heavy (non-hydrogen) atoms. The first-order valence-corrected chi connectivity index (χ1v) is 8.46. The highest BCUT2D eigenvalue weighted by atomic mass is 15.3. The molecule has 0 saturated carbocycles. The van der Waals surface area contributed by atoms with Crippen molar-refractivity contribution in [2.45, 2.75) is 76.9 Å². The largest absolute Gasteiger partial charge is 0.329 e. The lowest BCUT2D eigenvalue weighted by Crippen LogP contribution is -2.62. The Morgan fingerprint density at radius 3 is 2.79 bits per heavy atom. The highest BCUT2D eigenvalue weighted by molar-refractivity contribution is 4.92. The third-order valence-electron chi connectivity index (χ3n) is 5.12. The van der Waals surface area contributed by atoms with Crippen LogP contribution in [0.3, 0.4) is 0 Å². The lowest BCUT2D eigenvalue weighted by atomic mass is 9.94. The molecule has 0 aromatic heterocycles. The molecule has 0 amide bonds. The first kappa shape index (κ1) is 15.3. The summed E-state index contributed by atoms with van der Waals surface area (Å²) in [5.74, 6) is 0. The molecule has 2 aliphatic heterocycles. The molecule has 0 aliphatic carbocycles. The van der Waals surface area contributed by atoms with Gasteiger partial charge in [-0.15, -0.1) is 0 Å². The maximum Gasteiger partial charge on any atom is 0.0224 e. The van der Waals surface area contributed by atoms with Crippen molar-refractivity contribution in [1.29, 1.82) is 0 Å². The Kier molecular flexibility index (Phi) is 6.11. The van der Waals surface area contributed by atoms with Crippen molar-refractivity contribution in [3.8, 4) is 0 Å². The Balaban J connectivity index is 1.89. The summed E-state index contributed by atoms with van der Waals surface area (Å²) in [7, 11) is 0. The summed E-state index contributed by atoms with van der Waals surface area (Å²) in [6.07, 6.45) is 9.52. The SMILES string of the molecule is CCCCCC(CN)N1CC2CCCCN2CC1C. The van der Waals surface area contributed by atoms with Crippen LogP contribution < -0.4 is 5.73 Å². The summed E-state index contributed by atoms with van der Waals surface area (Å²) in [5.41, 5.74) is 6.06. The minimum Gasteiger partial charge on any atom is -0.329 e. The van der Waals surface area contributed by atoms with E-state index < -0.39 is 0 Å². The van der Waals surface area contributed by atoms with Crippen molar-refractivity contribution in [2.75, 3.05) is 26.2 Å². The van der Waals surface area contributed by atoms with Crippen LogP contribution in [0.25, 0.3) is 0 Å². The maximum absolute atomic E-state index is 6.06. The second-order valence-corrected chi connectivity index (χ2v) is 6.58. The van der Waals surface area contributed by atoms with E-state index in [0.29, 0.717) is 12.1 Å². The van der Waals surface area contributed by atoms with Crippen molar-refractivity contribution < 1.29 is 0 Å². The predicted molar refractivity (Wildman–Crippen MR) is 82.4 cm³/mol. The Morgan fingerprint density at radius 2 is 2.05 bits per heavy atom. The van der Waals surface area contributed by atoms with E-state index in [1.54, 1.807) is 0 Å². The molecule has 0 spiro atoms. The molecule has 0 radical (unpaired) electrons. The van der Waals surface area contributed by atoms with E-state index in [0.717, 1.165) is 12.6 Å². The quantitative estimate of drug-likeness (QED) is 0.750. The molecule has 0 bridgehead atoms. The summed E-state index contributed by atoms with van der Waals surface area (Å²) >= 11 is 0. The van der Waals surface area contributed by atoms with E-state index in [1.807, 2.05) is 0 Å². The van der Waals surface area contributed by atoms with Gasteiger partial charge in [-0.3, -0.25) is 9.80 Å². The number of rotatable bonds is 6. The molecule has 0 aromatic carbocycles. The number of nitrogens with two attached hydrogens (primary N) is 1. The lowest BCUT2D eigenvalue weighted by molar-refractivity contribution is -0.00817. The molecule has 2 aliphatic rings. The van der Waals surface area contributed by atoms with Crippen molar-refractivity contribution >= 4 is 0 Å². The molecule has 2 saturated heterocycles. The zero-order chi connectivity index (χ0) is 13.7. The summed E-state index contributed by atoms with van der Waals surface area (Å²) in [6.45, 7) is 9.35. The summed E-state index contributed by atoms with van der Waals surface area (Å²) in [5, 5.41) is 0. The van der Waals surface area contributed by atoms with E-state index in [4.69, 9.17) is 5.73 Å². The van der Waals surface area contributed by atoms with Crippen LogP contribution in [0.15, 0.2) is 0 Å². The van der Waals surface area contributed by atoms with Gasteiger partial charge in [0, 0.05) is 37.8 Å². The summed E-state index contributed by atoms with van der Waals surface area (Å²) in [6, 6.07) is 2.11. The van der Waals surface area contributed by atoms with Crippen LogP contribution in [0.5, 0.6) is 0 Å². The standard InChI is InChI=1S/C16H33N3/c1-3-4-5-8-15(11-17)19-13-16-9-6-7-10-18(16)12-14(19)2/h14-16H,3-13,17H2,1-2H3. The third-order valence-corrected chi connectivity index (χ3v) is 5.12. The normalized spacial score (nSPS) is 31.1. The van der Waals surface area contributed by atoms with Crippen molar-refractivity contribution in [3.63, 3.8) is 0 Å². The van der Waals surface area contributed by atoms with Gasteiger partial charge >= 0.3 is 0 Å². The molecule has 3 nitrogen and oxygen atoms in total. The number of unbranched alkanes of at least 4 members (excludes halogenated alkanes) is 2. The van der Waals surface area contributed by atoms with Crippen molar-refractivity contribution in [3.05, 3.63) is 0 Å². The highest BCUT2D eigenvalue weighted by Gasteiger charge is 2.35. The van der Waals surface area contributed by atoms with E-state index >= 15 is 0 Å². The number of nitrogens with zero attached hydrogens (tertiary/aromatic N) is 2. The van der Waals surface area contributed by atoms with E-state index in [1.165, 1.54) is 64.6 Å². The number of hydrogen-bond acceptors (Lipinski definition) is 3. The van der Waals surface area contributed by atoms with Gasteiger partial charge in [0.05, 0.1) is 0 Å². The van der Waals surface area contributed by atoms with Crippen LogP contribution in [0.4, 0.5) is 0 Å². The molecule has 2 fully saturated rings. The fourth-order valence-corrected chi connectivity index (χ4v) is 3.93. The van der Waals surface area contributed by atoms with Gasteiger partial charge in [0.15, 0.2) is 0 Å². The highest BCUT2D eigenvalue weighted by Crippen LogP contribution is 2.26. The van der Waals surface area contributed by atoms with Crippen LogP contribution in [0, 0.1) is 0 Å². The van der Waals surface area contributed by atoms with Crippen LogP contribution >= 0.6 is 0 Å². The molecule has 112 valence electrons. The monoisotopic (exact) mass is 267 g/mol. The Bertz CT molecular complexity index is 256. The van der Waals surface area contributed by atoms with Gasteiger partial charge in [-0.1, -0.05) is 32.6 Å². The van der Waals surface area contributed by atoms with Gasteiger partial charge in [0.1, 0.15) is 0 Å². The van der Waals surface area contributed by atoms with Gasteiger partial charge < -0.3 is 5.73 Å². The van der Waals surface area contributed by atoms with E-state index in [-0.39, 0.29) is 0 Å². The molecule has 3 atom stereocenters. The second-order valence-electron chi connectivity index (χ2n) is 6.58. The molecule has 0 aromatic rings. The number of fused-ring (bicyclic) bond motifs is 1. The topological polar surface area (TPSA) is 32.5 Å². The molecule has 3 heteroatoms. The number of piperidine rings is 1. The van der Waals surface area contributed by atoms with Crippen LogP contribution in [-0.2, 0) is 0 Å². The zero-order valence-corrected chi connectivity index (χ0v) is 13.0. The van der Waals surface area contributed by atoms with Gasteiger partial charge in [0.25, 0.3) is 0 Å². The molecule has 2 N–H and O–H groups in total. The minimum atomic E-state index is 0.616. The van der Waals surface area contributed by atoms with Crippen molar-refractivity contribution in [1.82, 2.24) is 9.80 Å². The molecular formula is C16H33N3. The van der Waals surface area contributed by atoms with Crippen LogP contribution in [0.2, 0.25) is 0 Å². The fraction of sp³-hybridized carbons (Fsp3) is 1.00. The van der Waals surface area contributed by atoms with E-state index in [9.17, 15) is 0 Å². The average Bonchev–Trinajstić information content (AvgIpc) is 2.43. The van der Waals surface area contributed by atoms with Gasteiger partial charge in [-0.05, 0) is 32.7 Å². The fourth-order valence-electron chi connectivity index (χ4n) is 3.93. The smallest absolute Gasteiger partial charge is 0.0224 e. The molecule has 3 unspecified atom stereocenters. The van der Waals surface area contributed by atoms with Gasteiger partial charge in [-0.2, -0.15) is 0 Å². The lowest BCUT2D eigenvalue weighted by Gasteiger charge is -2.50. The maximum atomic E-state index is 6.06. The first-order valence-electron chi connectivity index (χ1n) is 8.46. The predicted octanol–water partition coefficient (Wildman–Crippen LogP) is 2.45. The Hall–Kier alpha value is -0.120. The molecular weight excluding hydrogens is 234 g/mol. The van der Waals surface area contributed by atoms with Gasteiger partial charge in [-0.25, -0.2) is 0 Å². The number of hydrogen-bond donors (Lipinski definition) is 1. The Morgan fingerprint density at radius 1 is 1.21 bits per heavy atom.